The number of benzene rings is 2. The number of nitrogens with one attached hydrogen (secondary N) is 2. The summed E-state index contributed by atoms with van der Waals surface area (Å²) < 4.78 is 18.1. The van der Waals surface area contributed by atoms with Gasteiger partial charge < -0.3 is 15.4 Å². The highest BCUT2D eigenvalue weighted by Gasteiger charge is 2.07. The van der Waals surface area contributed by atoms with E-state index in [0.29, 0.717) is 17.9 Å². The monoisotopic (exact) mass is 330 g/mol. The van der Waals surface area contributed by atoms with Gasteiger partial charge in [-0.15, -0.1) is 0 Å². The van der Waals surface area contributed by atoms with E-state index in [-0.39, 0.29) is 24.8 Å². The van der Waals surface area contributed by atoms with Gasteiger partial charge in [0.25, 0.3) is 5.91 Å². The van der Waals surface area contributed by atoms with Crippen LogP contribution in [0.1, 0.15) is 23.7 Å². The second kappa shape index (κ2) is 8.67. The maximum atomic E-state index is 12.8. The molecule has 0 aliphatic carbocycles. The Labute approximate surface area is 139 Å². The minimum absolute atomic E-state index is 0.139. The van der Waals surface area contributed by atoms with E-state index in [1.165, 1.54) is 24.3 Å². The lowest BCUT2D eigenvalue weighted by molar-refractivity contribution is -0.116. The largest absolute Gasteiger partial charge is 0.494 e. The van der Waals surface area contributed by atoms with Gasteiger partial charge in [-0.05, 0) is 55.5 Å². The first kappa shape index (κ1) is 17.5. The number of amides is 2. The van der Waals surface area contributed by atoms with Crippen LogP contribution in [0.4, 0.5) is 10.1 Å². The zero-order valence-electron chi connectivity index (χ0n) is 13.3. The Morgan fingerprint density at radius 1 is 1.04 bits per heavy atom. The number of carbonyl (C=O) groups is 2. The van der Waals surface area contributed by atoms with Crippen LogP contribution in [0.15, 0.2) is 48.5 Å². The van der Waals surface area contributed by atoms with Gasteiger partial charge in [-0.1, -0.05) is 0 Å². The Morgan fingerprint density at radius 3 is 2.33 bits per heavy atom. The SMILES string of the molecule is CCOc1ccc(NC(=O)CCNC(=O)c2ccc(F)cc2)cc1. The number of hydrogen-bond donors (Lipinski definition) is 2. The van der Waals surface area contributed by atoms with E-state index in [0.717, 1.165) is 5.75 Å². The third-order valence-corrected chi connectivity index (χ3v) is 3.19. The second-order valence-corrected chi connectivity index (χ2v) is 5.02. The summed E-state index contributed by atoms with van der Waals surface area (Å²) in [7, 11) is 0. The average Bonchev–Trinajstić information content (AvgIpc) is 2.57. The second-order valence-electron chi connectivity index (χ2n) is 5.02. The van der Waals surface area contributed by atoms with Gasteiger partial charge in [0.05, 0.1) is 6.61 Å². The van der Waals surface area contributed by atoms with Crippen molar-refractivity contribution in [1.82, 2.24) is 5.32 Å². The lowest BCUT2D eigenvalue weighted by Crippen LogP contribution is -2.27. The maximum absolute atomic E-state index is 12.8. The minimum Gasteiger partial charge on any atom is -0.494 e. The zero-order valence-corrected chi connectivity index (χ0v) is 13.3. The molecule has 0 heterocycles. The molecular weight excluding hydrogens is 311 g/mol. The number of anilines is 1. The first-order valence-corrected chi connectivity index (χ1v) is 7.65. The van der Waals surface area contributed by atoms with Crippen LogP contribution in [-0.4, -0.2) is 25.0 Å². The maximum Gasteiger partial charge on any atom is 0.251 e. The van der Waals surface area contributed by atoms with Gasteiger partial charge in [-0.25, -0.2) is 4.39 Å². The topological polar surface area (TPSA) is 67.4 Å². The van der Waals surface area contributed by atoms with Crippen molar-refractivity contribution in [2.45, 2.75) is 13.3 Å². The van der Waals surface area contributed by atoms with Gasteiger partial charge in [0.1, 0.15) is 11.6 Å². The highest BCUT2D eigenvalue weighted by molar-refractivity contribution is 5.95. The predicted octanol–water partition coefficient (Wildman–Crippen LogP) is 2.98. The molecule has 0 aliphatic rings. The quantitative estimate of drug-likeness (QED) is 0.820. The van der Waals surface area contributed by atoms with E-state index in [9.17, 15) is 14.0 Å². The molecule has 0 saturated carbocycles. The molecule has 0 unspecified atom stereocenters. The summed E-state index contributed by atoms with van der Waals surface area (Å²) in [5.41, 5.74) is 1.01. The molecule has 0 atom stereocenters. The highest BCUT2D eigenvalue weighted by Crippen LogP contribution is 2.15. The number of ether oxygens (including phenoxy) is 1. The smallest absolute Gasteiger partial charge is 0.251 e. The van der Waals surface area contributed by atoms with Crippen LogP contribution in [-0.2, 0) is 4.79 Å². The minimum atomic E-state index is -0.402. The normalized spacial score (nSPS) is 10.1. The van der Waals surface area contributed by atoms with Crippen molar-refractivity contribution in [1.29, 1.82) is 0 Å². The lowest BCUT2D eigenvalue weighted by atomic mass is 10.2. The van der Waals surface area contributed by atoms with Gasteiger partial charge in [0.2, 0.25) is 5.91 Å². The molecule has 0 spiro atoms. The number of halogens is 1. The number of carbonyl (C=O) groups excluding carboxylic acids is 2. The van der Waals surface area contributed by atoms with Crippen molar-refractivity contribution < 1.29 is 18.7 Å². The molecule has 24 heavy (non-hydrogen) atoms. The molecule has 2 N–H and O–H groups in total. The highest BCUT2D eigenvalue weighted by atomic mass is 19.1. The Balaban J connectivity index is 1.74. The van der Waals surface area contributed by atoms with Crippen LogP contribution >= 0.6 is 0 Å². The molecule has 2 amide bonds. The molecule has 0 fully saturated rings. The van der Waals surface area contributed by atoms with Gasteiger partial charge in [0, 0.05) is 24.2 Å². The third-order valence-electron chi connectivity index (χ3n) is 3.19. The fraction of sp³-hybridized carbons (Fsp3) is 0.222. The van der Waals surface area contributed by atoms with E-state index >= 15 is 0 Å². The van der Waals surface area contributed by atoms with E-state index in [2.05, 4.69) is 10.6 Å². The van der Waals surface area contributed by atoms with Gasteiger partial charge in [-0.2, -0.15) is 0 Å². The van der Waals surface area contributed by atoms with Crippen LogP contribution < -0.4 is 15.4 Å². The van der Waals surface area contributed by atoms with E-state index in [4.69, 9.17) is 4.74 Å². The van der Waals surface area contributed by atoms with Crippen LogP contribution in [0, 0.1) is 5.82 Å². The Kier molecular flexibility index (Phi) is 6.31. The molecule has 5 nitrogen and oxygen atoms in total. The first-order chi connectivity index (χ1) is 11.6. The van der Waals surface area contributed by atoms with Crippen molar-refractivity contribution >= 4 is 17.5 Å². The number of hydrogen-bond acceptors (Lipinski definition) is 3. The summed E-state index contributed by atoms with van der Waals surface area (Å²) in [5.74, 6) is -0.217. The zero-order chi connectivity index (χ0) is 17.4. The summed E-state index contributed by atoms with van der Waals surface area (Å²) in [6, 6.07) is 12.3. The van der Waals surface area contributed by atoms with E-state index in [1.54, 1.807) is 24.3 Å². The molecule has 0 saturated heterocycles. The Morgan fingerprint density at radius 2 is 1.71 bits per heavy atom. The summed E-state index contributed by atoms with van der Waals surface area (Å²) in [6.07, 6.45) is 0.139. The Hall–Kier alpha value is -2.89. The van der Waals surface area contributed by atoms with Gasteiger partial charge >= 0.3 is 0 Å². The van der Waals surface area contributed by atoms with Crippen molar-refractivity contribution in [2.24, 2.45) is 0 Å². The lowest BCUT2D eigenvalue weighted by Gasteiger charge is -2.08. The molecule has 0 aliphatic heterocycles. The van der Waals surface area contributed by atoms with Crippen LogP contribution in [0.2, 0.25) is 0 Å². The van der Waals surface area contributed by atoms with Gasteiger partial charge in [-0.3, -0.25) is 9.59 Å². The molecule has 126 valence electrons. The molecule has 0 aromatic heterocycles. The van der Waals surface area contributed by atoms with E-state index < -0.39 is 5.82 Å². The van der Waals surface area contributed by atoms with Crippen molar-refractivity contribution in [2.75, 3.05) is 18.5 Å². The molecule has 2 rings (SSSR count). The average molecular weight is 330 g/mol. The third kappa shape index (κ3) is 5.39. The summed E-state index contributed by atoms with van der Waals surface area (Å²) in [4.78, 5) is 23.7. The van der Waals surface area contributed by atoms with Crippen LogP contribution in [0.3, 0.4) is 0 Å². The molecule has 0 bridgehead atoms. The predicted molar refractivity (Wildman–Crippen MR) is 89.6 cm³/mol. The van der Waals surface area contributed by atoms with Gasteiger partial charge in [0.15, 0.2) is 0 Å². The first-order valence-electron chi connectivity index (χ1n) is 7.65. The number of rotatable bonds is 7. The summed E-state index contributed by atoms with van der Waals surface area (Å²) in [5, 5.41) is 5.36. The summed E-state index contributed by atoms with van der Waals surface area (Å²) in [6.45, 7) is 2.68. The Bertz CT molecular complexity index is 684. The van der Waals surface area contributed by atoms with Crippen LogP contribution in [0.25, 0.3) is 0 Å². The molecule has 2 aromatic carbocycles. The molecule has 0 radical (unpaired) electrons. The fourth-order valence-electron chi connectivity index (χ4n) is 2.02. The molecular formula is C18H19FN2O3. The summed E-state index contributed by atoms with van der Waals surface area (Å²) >= 11 is 0. The van der Waals surface area contributed by atoms with E-state index in [1.807, 2.05) is 6.92 Å². The standard InChI is InChI=1S/C18H19FN2O3/c1-2-24-16-9-7-15(8-10-16)21-17(22)11-12-20-18(23)13-3-5-14(19)6-4-13/h3-10H,2,11-12H2,1H3,(H,20,23)(H,21,22). The van der Waals surface area contributed by atoms with Crippen molar-refractivity contribution in [3.05, 3.63) is 59.9 Å². The molecule has 6 heteroatoms. The molecule has 2 aromatic rings. The van der Waals surface area contributed by atoms with Crippen molar-refractivity contribution in [3.63, 3.8) is 0 Å². The van der Waals surface area contributed by atoms with Crippen molar-refractivity contribution in [3.8, 4) is 5.75 Å². The fourth-order valence-corrected chi connectivity index (χ4v) is 2.02. The van der Waals surface area contributed by atoms with Crippen LogP contribution in [0.5, 0.6) is 5.75 Å².